The predicted octanol–water partition coefficient (Wildman–Crippen LogP) is 3.25. The van der Waals surface area contributed by atoms with Gasteiger partial charge in [-0.1, -0.05) is 23.7 Å². The Hall–Kier alpha value is -3.34. The Labute approximate surface area is 211 Å². The largest absolute Gasteiger partial charge is 0.484 e. The van der Waals surface area contributed by atoms with Crippen LogP contribution in [0.5, 0.6) is 5.75 Å². The van der Waals surface area contributed by atoms with Gasteiger partial charge in [0.1, 0.15) is 12.3 Å². The summed E-state index contributed by atoms with van der Waals surface area (Å²) in [7, 11) is 0. The van der Waals surface area contributed by atoms with Gasteiger partial charge in [-0.05, 0) is 59.8 Å². The van der Waals surface area contributed by atoms with Crippen LogP contribution in [-0.4, -0.2) is 72.2 Å². The van der Waals surface area contributed by atoms with Crippen molar-refractivity contribution in [3.05, 3.63) is 64.0 Å². The number of thioether (sulfide) groups is 1. The Balaban J connectivity index is 1.30. The van der Waals surface area contributed by atoms with E-state index in [2.05, 4.69) is 5.32 Å². The first-order valence-electron chi connectivity index (χ1n) is 10.8. The van der Waals surface area contributed by atoms with E-state index in [1.54, 1.807) is 59.5 Å². The SMILES string of the molecule is O=C(COc1ccc(/C=C2\SC(=O)N(CC(=O)N3CCOCC3)C2=O)cc1)Nc1ccc(Cl)cc1. The van der Waals surface area contributed by atoms with Gasteiger partial charge in [0.2, 0.25) is 5.91 Å². The Kier molecular flexibility index (Phi) is 8.06. The first-order chi connectivity index (χ1) is 16.9. The van der Waals surface area contributed by atoms with Crippen molar-refractivity contribution < 1.29 is 28.7 Å². The standard InChI is InChI=1S/C24H22ClN3O6S/c25-17-3-5-18(6-4-17)26-21(29)15-34-19-7-1-16(2-8-19)13-20-23(31)28(24(32)35-20)14-22(30)27-9-11-33-12-10-27/h1-8,13H,9-12,14-15H2,(H,26,29)/b20-13-. The van der Waals surface area contributed by atoms with E-state index < -0.39 is 11.1 Å². The second-order valence-corrected chi connectivity index (χ2v) is 9.10. The minimum atomic E-state index is -0.499. The third kappa shape index (κ3) is 6.62. The highest BCUT2D eigenvalue weighted by molar-refractivity contribution is 8.18. The number of anilines is 1. The second kappa shape index (κ2) is 11.4. The zero-order chi connectivity index (χ0) is 24.8. The maximum atomic E-state index is 12.7. The summed E-state index contributed by atoms with van der Waals surface area (Å²) in [5.41, 5.74) is 1.28. The first-order valence-corrected chi connectivity index (χ1v) is 12.0. The van der Waals surface area contributed by atoms with Crippen LogP contribution >= 0.6 is 23.4 Å². The molecule has 9 nitrogen and oxygen atoms in total. The van der Waals surface area contributed by atoms with Crippen molar-refractivity contribution in [1.82, 2.24) is 9.80 Å². The molecule has 2 aromatic rings. The molecule has 2 fully saturated rings. The number of nitrogens with zero attached hydrogens (tertiary/aromatic N) is 2. The molecular formula is C24H22ClN3O6S. The fourth-order valence-corrected chi connectivity index (χ4v) is 4.34. The maximum Gasteiger partial charge on any atom is 0.294 e. The van der Waals surface area contributed by atoms with Crippen molar-refractivity contribution in [2.75, 3.05) is 44.8 Å². The lowest BCUT2D eigenvalue weighted by molar-refractivity contribution is -0.139. The smallest absolute Gasteiger partial charge is 0.294 e. The number of imide groups is 1. The van der Waals surface area contributed by atoms with Gasteiger partial charge in [-0.15, -0.1) is 0 Å². The van der Waals surface area contributed by atoms with Gasteiger partial charge in [-0.3, -0.25) is 24.1 Å². The van der Waals surface area contributed by atoms with Crippen LogP contribution in [-0.2, 0) is 19.1 Å². The van der Waals surface area contributed by atoms with Crippen LogP contribution in [0.1, 0.15) is 5.56 Å². The molecule has 11 heteroatoms. The fourth-order valence-electron chi connectivity index (χ4n) is 3.38. The van der Waals surface area contributed by atoms with Gasteiger partial charge >= 0.3 is 0 Å². The molecule has 0 radical (unpaired) electrons. The summed E-state index contributed by atoms with van der Waals surface area (Å²) in [5.74, 6) is -0.631. The van der Waals surface area contributed by atoms with Gasteiger partial charge in [0.25, 0.3) is 17.1 Å². The molecule has 2 aliphatic rings. The number of benzene rings is 2. The lowest BCUT2D eigenvalue weighted by Crippen LogP contribution is -2.46. The summed E-state index contributed by atoms with van der Waals surface area (Å²) in [5, 5.41) is 2.80. The predicted molar refractivity (Wildman–Crippen MR) is 132 cm³/mol. The average molecular weight is 516 g/mol. The number of hydrogen-bond acceptors (Lipinski definition) is 7. The quantitative estimate of drug-likeness (QED) is 0.564. The number of carbonyl (C=O) groups excluding carboxylic acids is 4. The van der Waals surface area contributed by atoms with E-state index >= 15 is 0 Å². The Morgan fingerprint density at radius 2 is 1.74 bits per heavy atom. The normalized spacial score (nSPS) is 17.1. The molecule has 2 heterocycles. The average Bonchev–Trinajstić information content (AvgIpc) is 3.12. The summed E-state index contributed by atoms with van der Waals surface area (Å²) in [4.78, 5) is 52.3. The molecule has 35 heavy (non-hydrogen) atoms. The molecular weight excluding hydrogens is 494 g/mol. The van der Waals surface area contributed by atoms with Crippen LogP contribution in [0.25, 0.3) is 6.08 Å². The summed E-state index contributed by atoms with van der Waals surface area (Å²) in [6.45, 7) is 1.32. The molecule has 4 amide bonds. The molecule has 2 saturated heterocycles. The Morgan fingerprint density at radius 1 is 1.06 bits per heavy atom. The maximum absolute atomic E-state index is 12.7. The number of hydrogen-bond donors (Lipinski definition) is 1. The van der Waals surface area contributed by atoms with Crippen molar-refractivity contribution >= 4 is 58.1 Å². The molecule has 0 aliphatic carbocycles. The highest BCUT2D eigenvalue weighted by Crippen LogP contribution is 2.32. The van der Waals surface area contributed by atoms with E-state index in [9.17, 15) is 19.2 Å². The van der Waals surface area contributed by atoms with E-state index in [0.29, 0.717) is 48.3 Å². The third-order valence-electron chi connectivity index (χ3n) is 5.21. The Bertz CT molecular complexity index is 1150. The molecule has 0 bridgehead atoms. The fraction of sp³-hybridized carbons (Fsp3) is 0.250. The second-order valence-electron chi connectivity index (χ2n) is 7.67. The highest BCUT2D eigenvalue weighted by Gasteiger charge is 2.37. The lowest BCUT2D eigenvalue weighted by atomic mass is 10.2. The van der Waals surface area contributed by atoms with Crippen LogP contribution < -0.4 is 10.1 Å². The van der Waals surface area contributed by atoms with E-state index in [1.165, 1.54) is 0 Å². The summed E-state index contributed by atoms with van der Waals surface area (Å²) in [6.07, 6.45) is 1.58. The number of carbonyl (C=O) groups is 4. The molecule has 0 spiro atoms. The van der Waals surface area contributed by atoms with Gasteiger partial charge in [-0.2, -0.15) is 0 Å². The zero-order valence-corrected chi connectivity index (χ0v) is 20.1. The number of halogens is 1. The van der Waals surface area contributed by atoms with Gasteiger partial charge in [0, 0.05) is 23.8 Å². The van der Waals surface area contributed by atoms with Crippen LogP contribution in [0, 0.1) is 0 Å². The topological polar surface area (TPSA) is 105 Å². The van der Waals surface area contributed by atoms with E-state index in [4.69, 9.17) is 21.1 Å². The number of nitrogens with one attached hydrogen (secondary N) is 1. The number of rotatable bonds is 7. The van der Waals surface area contributed by atoms with Crippen molar-refractivity contribution in [1.29, 1.82) is 0 Å². The van der Waals surface area contributed by atoms with Gasteiger partial charge in [0.15, 0.2) is 6.61 Å². The Morgan fingerprint density at radius 3 is 2.43 bits per heavy atom. The van der Waals surface area contributed by atoms with E-state index in [0.717, 1.165) is 16.7 Å². The number of amides is 4. The molecule has 2 aliphatic heterocycles. The lowest BCUT2D eigenvalue weighted by Gasteiger charge is -2.28. The first kappa shape index (κ1) is 24.8. The van der Waals surface area contributed by atoms with Gasteiger partial charge in [0.05, 0.1) is 18.1 Å². The van der Waals surface area contributed by atoms with Gasteiger partial charge in [-0.25, -0.2) is 0 Å². The highest BCUT2D eigenvalue weighted by atomic mass is 35.5. The molecule has 2 aromatic carbocycles. The van der Waals surface area contributed by atoms with Crippen LogP contribution in [0.4, 0.5) is 10.5 Å². The molecule has 182 valence electrons. The van der Waals surface area contributed by atoms with Crippen molar-refractivity contribution in [3.8, 4) is 5.75 Å². The zero-order valence-electron chi connectivity index (χ0n) is 18.6. The molecule has 0 unspecified atom stereocenters. The summed E-state index contributed by atoms with van der Waals surface area (Å²) < 4.78 is 10.7. The molecule has 4 rings (SSSR count). The van der Waals surface area contributed by atoms with Gasteiger partial charge < -0.3 is 19.7 Å². The minimum absolute atomic E-state index is 0.183. The monoisotopic (exact) mass is 515 g/mol. The molecule has 0 saturated carbocycles. The van der Waals surface area contributed by atoms with Crippen molar-refractivity contribution in [2.24, 2.45) is 0 Å². The van der Waals surface area contributed by atoms with Crippen molar-refractivity contribution in [2.45, 2.75) is 0 Å². The molecule has 0 atom stereocenters. The number of morpholine rings is 1. The van der Waals surface area contributed by atoms with Crippen LogP contribution in [0.15, 0.2) is 53.4 Å². The third-order valence-corrected chi connectivity index (χ3v) is 6.37. The van der Waals surface area contributed by atoms with Crippen molar-refractivity contribution in [3.63, 3.8) is 0 Å². The molecule has 1 N–H and O–H groups in total. The van der Waals surface area contributed by atoms with Crippen LogP contribution in [0.2, 0.25) is 5.02 Å². The van der Waals surface area contributed by atoms with Crippen LogP contribution in [0.3, 0.4) is 0 Å². The minimum Gasteiger partial charge on any atom is -0.484 e. The van der Waals surface area contributed by atoms with E-state index in [-0.39, 0.29) is 29.9 Å². The summed E-state index contributed by atoms with van der Waals surface area (Å²) in [6, 6.07) is 13.5. The summed E-state index contributed by atoms with van der Waals surface area (Å²) >= 11 is 6.62. The van der Waals surface area contributed by atoms with E-state index in [1.807, 2.05) is 0 Å². The number of ether oxygens (including phenoxy) is 2. The molecule has 0 aromatic heterocycles.